The van der Waals surface area contributed by atoms with Gasteiger partial charge in [0.15, 0.2) is 0 Å². The van der Waals surface area contributed by atoms with Gasteiger partial charge in [0.25, 0.3) is 0 Å². The predicted octanol–water partition coefficient (Wildman–Crippen LogP) is 20.1. The van der Waals surface area contributed by atoms with Crippen molar-refractivity contribution in [2.45, 2.75) is 322 Å². The van der Waals surface area contributed by atoms with E-state index in [9.17, 15) is 19.0 Å². The monoisotopic (exact) mass is 1090 g/mol. The van der Waals surface area contributed by atoms with E-state index in [1.807, 2.05) is 33.3 Å². The number of hydrogen-bond donors (Lipinski definition) is 2. The number of carbonyl (C=O) groups is 2. The maximum absolute atomic E-state index is 13.6. The second-order valence-electron chi connectivity index (χ2n) is 23.3. The summed E-state index contributed by atoms with van der Waals surface area (Å²) in [5.74, 6) is -0.502. The number of rotatable bonds is 59. The number of likely N-dealkylation sites (N-methyl/N-ethyl adjacent to an activating group) is 1. The van der Waals surface area contributed by atoms with Crippen LogP contribution in [0.15, 0.2) is 48.6 Å². The fourth-order valence-electron chi connectivity index (χ4n) is 9.44. The lowest BCUT2D eigenvalue weighted by Gasteiger charge is -2.27. The van der Waals surface area contributed by atoms with Crippen LogP contribution in [-0.2, 0) is 27.9 Å². The number of nitrogens with one attached hydrogen (secondary N) is 1. The number of nitrogens with zero attached hydrogens (tertiary/aromatic N) is 1. The van der Waals surface area contributed by atoms with Crippen molar-refractivity contribution in [1.29, 1.82) is 0 Å². The van der Waals surface area contributed by atoms with Gasteiger partial charge in [-0.05, 0) is 89.5 Å². The third kappa shape index (κ3) is 56.7. The molecule has 76 heavy (non-hydrogen) atoms. The lowest BCUT2D eigenvalue weighted by atomic mass is 10.0. The van der Waals surface area contributed by atoms with Crippen LogP contribution in [0.5, 0.6) is 0 Å². The summed E-state index contributed by atoms with van der Waals surface area (Å²) in [5.41, 5.74) is 0. The Bertz CT molecular complexity index is 1440. The Kier molecular flexibility index (Phi) is 54.7. The van der Waals surface area contributed by atoms with Gasteiger partial charge in [-0.1, -0.05) is 256 Å². The van der Waals surface area contributed by atoms with E-state index in [1.54, 1.807) is 0 Å². The Morgan fingerprint density at radius 3 is 1.22 bits per heavy atom. The molecule has 0 fully saturated rings. The molecule has 0 aromatic rings. The van der Waals surface area contributed by atoms with Crippen LogP contribution in [0, 0.1) is 0 Å². The van der Waals surface area contributed by atoms with Crippen molar-refractivity contribution in [2.24, 2.45) is 0 Å². The lowest BCUT2D eigenvalue weighted by Crippen LogP contribution is -2.47. The van der Waals surface area contributed by atoms with Gasteiger partial charge in [-0.15, -0.1) is 0 Å². The van der Waals surface area contributed by atoms with Gasteiger partial charge in [0.1, 0.15) is 19.3 Å². The fraction of sp³-hybridized carbons (Fsp3) is 0.848. The van der Waals surface area contributed by atoms with Crippen molar-refractivity contribution >= 4 is 19.7 Å². The zero-order valence-corrected chi connectivity index (χ0v) is 51.9. The molecule has 0 heterocycles. The molecule has 0 radical (unpaired) electrons. The third-order valence-electron chi connectivity index (χ3n) is 14.5. The molecule has 2 N–H and O–H groups in total. The summed E-state index contributed by atoms with van der Waals surface area (Å²) in [7, 11) is 1.50. The molecule has 0 aliphatic carbocycles. The van der Waals surface area contributed by atoms with Gasteiger partial charge in [-0.3, -0.25) is 18.6 Å². The first-order valence-corrected chi connectivity index (χ1v) is 34.0. The van der Waals surface area contributed by atoms with Gasteiger partial charge in [0, 0.05) is 12.8 Å². The third-order valence-corrected chi connectivity index (χ3v) is 15.5. The molecule has 0 aliphatic heterocycles. The molecule has 0 saturated carbocycles. The summed E-state index contributed by atoms with van der Waals surface area (Å²) in [4.78, 5) is 37.8. The highest BCUT2D eigenvalue weighted by Crippen LogP contribution is 2.43. The molecule has 3 atom stereocenters. The number of phosphoric ester groups is 1. The molecule has 0 bridgehead atoms. The fourth-order valence-corrected chi connectivity index (χ4v) is 10.2. The van der Waals surface area contributed by atoms with Crippen LogP contribution in [0.3, 0.4) is 0 Å². The van der Waals surface area contributed by atoms with Crippen LogP contribution in [0.4, 0.5) is 0 Å². The summed E-state index contributed by atoms with van der Waals surface area (Å²) >= 11 is 0. The summed E-state index contributed by atoms with van der Waals surface area (Å²) in [5, 5.41) is 3.06. The van der Waals surface area contributed by atoms with Crippen molar-refractivity contribution in [1.82, 2.24) is 5.32 Å². The Morgan fingerprint density at radius 2 is 0.803 bits per heavy atom. The van der Waals surface area contributed by atoms with Gasteiger partial charge in [-0.2, -0.15) is 0 Å². The van der Waals surface area contributed by atoms with Gasteiger partial charge < -0.3 is 19.4 Å². The number of carbonyl (C=O) groups excluding carboxylic acids is 2. The van der Waals surface area contributed by atoms with Gasteiger partial charge in [0.05, 0.1) is 33.8 Å². The summed E-state index contributed by atoms with van der Waals surface area (Å²) in [6.07, 6.45) is 69.6. The zero-order valence-electron chi connectivity index (χ0n) is 51.0. The Balaban J connectivity index is 5.20. The molecule has 446 valence electrons. The standard InChI is InChI=1S/C66H125N2O7P/c1-7-10-13-16-19-22-25-28-30-32-34-36-38-40-43-46-49-52-55-58-65(69)67-63(62-74-76(71,72)73-61-60-68(4,5)6)64(57-54-51-48-45-42-27-24-21-18-15-12-9-3)75-66(70)59-56-53-50-47-44-41-39-37-35-33-31-29-26-23-20-17-14-11-8-2/h20,23,28-31,54,57,63-64H,7-19,21-22,24-27,32-53,55-56,58-62H2,1-6H3,(H-,67,69,71,72)/p+1/b23-20-,30-28+,31-29-,57-54+. The van der Waals surface area contributed by atoms with E-state index in [0.717, 1.165) is 64.2 Å². The first-order valence-electron chi connectivity index (χ1n) is 32.5. The van der Waals surface area contributed by atoms with Crippen molar-refractivity contribution in [3.63, 3.8) is 0 Å². The van der Waals surface area contributed by atoms with Crippen LogP contribution in [-0.4, -0.2) is 74.3 Å². The molecule has 0 rings (SSSR count). The maximum Gasteiger partial charge on any atom is 0.472 e. The van der Waals surface area contributed by atoms with Crippen LogP contribution in [0.2, 0.25) is 0 Å². The molecule has 10 heteroatoms. The number of phosphoric acid groups is 1. The van der Waals surface area contributed by atoms with Crippen LogP contribution in [0.25, 0.3) is 0 Å². The first kappa shape index (κ1) is 74.0. The minimum atomic E-state index is -4.45. The average molecular weight is 1090 g/mol. The Morgan fingerprint density at radius 1 is 0.461 bits per heavy atom. The average Bonchev–Trinajstić information content (AvgIpc) is 3.38. The Labute approximate surface area is 471 Å². The van der Waals surface area contributed by atoms with E-state index in [2.05, 4.69) is 62.5 Å². The number of allylic oxidation sites excluding steroid dienone is 7. The normalized spacial score (nSPS) is 13.9. The number of hydrogen-bond acceptors (Lipinski definition) is 6. The highest BCUT2D eigenvalue weighted by Gasteiger charge is 2.30. The molecule has 3 unspecified atom stereocenters. The number of ether oxygens (including phenoxy) is 1. The van der Waals surface area contributed by atoms with E-state index in [0.29, 0.717) is 17.4 Å². The SMILES string of the molecule is CCCCC/C=C\C/C=C\CCCCCCCCCCCC(=O)OC(/C=C/CCCCCCCCCCCC)C(COP(=O)(O)OCC[N+](C)(C)C)NC(=O)CCCCCCCCCCC/C=C/CCCCCCCC. The van der Waals surface area contributed by atoms with Crippen LogP contribution in [0.1, 0.15) is 310 Å². The minimum Gasteiger partial charge on any atom is -0.456 e. The van der Waals surface area contributed by atoms with Gasteiger partial charge in [0.2, 0.25) is 5.91 Å². The topological polar surface area (TPSA) is 111 Å². The lowest BCUT2D eigenvalue weighted by molar-refractivity contribution is -0.870. The molecule has 9 nitrogen and oxygen atoms in total. The molecule has 0 aliphatic rings. The molecular weight excluding hydrogens is 964 g/mol. The molecule has 0 spiro atoms. The van der Waals surface area contributed by atoms with Crippen molar-refractivity contribution < 1.29 is 37.3 Å². The van der Waals surface area contributed by atoms with E-state index < -0.39 is 20.0 Å². The predicted molar refractivity (Wildman–Crippen MR) is 328 cm³/mol. The van der Waals surface area contributed by atoms with E-state index >= 15 is 0 Å². The largest absolute Gasteiger partial charge is 0.472 e. The second-order valence-corrected chi connectivity index (χ2v) is 24.7. The molecule has 0 aromatic carbocycles. The van der Waals surface area contributed by atoms with Crippen molar-refractivity contribution in [3.8, 4) is 0 Å². The van der Waals surface area contributed by atoms with Crippen LogP contribution < -0.4 is 5.32 Å². The highest BCUT2D eigenvalue weighted by atomic mass is 31.2. The summed E-state index contributed by atoms with van der Waals surface area (Å²) in [6.45, 7) is 7.01. The van der Waals surface area contributed by atoms with E-state index in [1.165, 1.54) is 212 Å². The maximum atomic E-state index is 13.6. The summed E-state index contributed by atoms with van der Waals surface area (Å²) < 4.78 is 30.7. The molecular formula is C66H126N2O7P+. The number of esters is 1. The van der Waals surface area contributed by atoms with Gasteiger partial charge >= 0.3 is 13.8 Å². The Hall–Kier alpha value is -2.03. The van der Waals surface area contributed by atoms with Crippen LogP contribution >= 0.6 is 7.82 Å². The number of unbranched alkanes of at least 4 members (excludes halogenated alkanes) is 37. The molecule has 0 saturated heterocycles. The molecule has 1 amide bonds. The van der Waals surface area contributed by atoms with Gasteiger partial charge in [-0.25, -0.2) is 4.57 Å². The summed E-state index contributed by atoms with van der Waals surface area (Å²) in [6, 6.07) is -0.850. The van der Waals surface area contributed by atoms with Crippen molar-refractivity contribution in [2.75, 3.05) is 40.9 Å². The second kappa shape index (κ2) is 56.3. The van der Waals surface area contributed by atoms with Crippen molar-refractivity contribution in [3.05, 3.63) is 48.6 Å². The quantitative estimate of drug-likeness (QED) is 0.0205. The highest BCUT2D eigenvalue weighted by molar-refractivity contribution is 7.47. The minimum absolute atomic E-state index is 0.0397. The smallest absolute Gasteiger partial charge is 0.456 e. The first-order chi connectivity index (χ1) is 36.9. The zero-order chi connectivity index (χ0) is 55.7. The number of amides is 1. The molecule has 0 aromatic heterocycles. The van der Waals surface area contributed by atoms with E-state index in [-0.39, 0.29) is 31.5 Å². The number of quaternary nitrogens is 1. The van der Waals surface area contributed by atoms with E-state index in [4.69, 9.17) is 13.8 Å².